The number of rotatable bonds is 4. The Kier molecular flexibility index (Phi) is 5.43. The van der Waals surface area contributed by atoms with Gasteiger partial charge in [-0.15, -0.1) is 0 Å². The molecular weight excluding hydrogens is 370 g/mol. The monoisotopic (exact) mass is 397 g/mol. The lowest BCUT2D eigenvalue weighted by Gasteiger charge is -2.36. The lowest BCUT2D eigenvalue weighted by molar-refractivity contribution is -0.126. The fourth-order valence-electron chi connectivity index (χ4n) is 4.35. The number of anilines is 2. The van der Waals surface area contributed by atoms with Crippen molar-refractivity contribution in [1.82, 2.24) is 20.1 Å². The largest absolute Gasteiger partial charge is 0.424 e. The normalized spacial score (nSPS) is 20.5. The molecule has 2 saturated heterocycles. The Morgan fingerprint density at radius 3 is 2.76 bits per heavy atom. The first-order chi connectivity index (χ1) is 14.0. The second-order valence-electron chi connectivity index (χ2n) is 7.87. The van der Waals surface area contributed by atoms with Crippen LogP contribution in [0.15, 0.2) is 16.7 Å². The molecule has 9 heteroatoms. The Bertz CT molecular complexity index is 904. The highest BCUT2D eigenvalue weighted by Gasteiger charge is 2.30. The van der Waals surface area contributed by atoms with E-state index in [0.717, 1.165) is 44.6 Å². The Balaban J connectivity index is 1.31. The number of piperidine rings is 2. The van der Waals surface area contributed by atoms with E-state index in [1.165, 1.54) is 0 Å². The van der Waals surface area contributed by atoms with Crippen molar-refractivity contribution in [1.29, 1.82) is 5.26 Å². The van der Waals surface area contributed by atoms with Crippen molar-refractivity contribution in [2.24, 2.45) is 13.0 Å². The Labute approximate surface area is 170 Å². The average Bonchev–Trinajstić information content (AvgIpc) is 3.33. The number of hydrogen-bond acceptors (Lipinski definition) is 7. The molecule has 1 atom stereocenters. The number of oxazole rings is 1. The van der Waals surface area contributed by atoms with Gasteiger partial charge in [-0.2, -0.15) is 10.4 Å². The minimum atomic E-state index is -0.00659. The molecule has 9 nitrogen and oxygen atoms in total. The van der Waals surface area contributed by atoms with Gasteiger partial charge in [-0.05, 0) is 25.7 Å². The van der Waals surface area contributed by atoms with Gasteiger partial charge in [0, 0.05) is 58.2 Å². The van der Waals surface area contributed by atoms with E-state index in [4.69, 9.17) is 4.42 Å². The fourth-order valence-corrected chi connectivity index (χ4v) is 4.35. The highest BCUT2D eigenvalue weighted by Crippen LogP contribution is 2.27. The summed E-state index contributed by atoms with van der Waals surface area (Å²) in [5.74, 6) is 2.24. The van der Waals surface area contributed by atoms with Crippen molar-refractivity contribution in [2.75, 3.05) is 36.0 Å². The topological polar surface area (TPSA) is 103 Å². The molecule has 0 saturated carbocycles. The van der Waals surface area contributed by atoms with Crippen molar-refractivity contribution in [2.45, 2.75) is 38.6 Å². The van der Waals surface area contributed by atoms with Gasteiger partial charge in [0.15, 0.2) is 5.89 Å². The summed E-state index contributed by atoms with van der Waals surface area (Å²) in [4.78, 5) is 21.3. The number of hydrogen-bond donors (Lipinski definition) is 1. The molecule has 2 aromatic heterocycles. The maximum absolute atomic E-state index is 12.8. The van der Waals surface area contributed by atoms with Crippen LogP contribution in [0.1, 0.15) is 37.3 Å². The van der Waals surface area contributed by atoms with E-state index in [-0.39, 0.29) is 17.9 Å². The summed E-state index contributed by atoms with van der Waals surface area (Å²) in [6, 6.07) is 4.26. The third-order valence-electron chi connectivity index (χ3n) is 5.86. The first kappa shape index (κ1) is 19.3. The van der Waals surface area contributed by atoms with Crippen LogP contribution in [0.3, 0.4) is 0 Å². The quantitative estimate of drug-likeness (QED) is 0.835. The number of nitriles is 1. The lowest BCUT2D eigenvalue weighted by atomic mass is 9.95. The molecule has 2 aromatic rings. The van der Waals surface area contributed by atoms with Gasteiger partial charge in [-0.25, -0.2) is 4.98 Å². The van der Waals surface area contributed by atoms with E-state index in [1.54, 1.807) is 13.1 Å². The summed E-state index contributed by atoms with van der Waals surface area (Å²) in [5.41, 5.74) is 0.322. The van der Waals surface area contributed by atoms with Crippen molar-refractivity contribution >= 4 is 17.6 Å². The summed E-state index contributed by atoms with van der Waals surface area (Å²) in [6.07, 6.45) is 5.35. The van der Waals surface area contributed by atoms with E-state index < -0.39 is 0 Å². The van der Waals surface area contributed by atoms with E-state index in [0.29, 0.717) is 30.6 Å². The molecule has 29 heavy (non-hydrogen) atoms. The van der Waals surface area contributed by atoms with Crippen molar-refractivity contribution in [3.8, 4) is 6.07 Å². The van der Waals surface area contributed by atoms with Gasteiger partial charge in [0.2, 0.25) is 17.5 Å². The molecule has 0 bridgehead atoms. The number of aromatic nitrogens is 3. The molecule has 0 aliphatic carbocycles. The standard InChI is InChI=1S/C20H27N7O2/c1-14-23-17(12-21)20(29-14)26-10-6-15(7-11-26)19(28)24-16-4-3-9-27(13-16)18-5-8-22-25(18)2/h5,8,15-16H,3-4,6-7,9-11,13H2,1-2H3,(H,24,28). The second-order valence-corrected chi connectivity index (χ2v) is 7.87. The van der Waals surface area contributed by atoms with Gasteiger partial charge in [0.1, 0.15) is 11.9 Å². The first-order valence-corrected chi connectivity index (χ1v) is 10.2. The molecule has 1 N–H and O–H groups in total. The van der Waals surface area contributed by atoms with E-state index >= 15 is 0 Å². The van der Waals surface area contributed by atoms with Crippen LogP contribution in [0.2, 0.25) is 0 Å². The molecule has 1 amide bonds. The smallest absolute Gasteiger partial charge is 0.234 e. The van der Waals surface area contributed by atoms with Crippen molar-refractivity contribution in [3.63, 3.8) is 0 Å². The van der Waals surface area contributed by atoms with E-state index in [2.05, 4.69) is 26.4 Å². The summed E-state index contributed by atoms with van der Waals surface area (Å²) >= 11 is 0. The fraction of sp³-hybridized carbons (Fsp3) is 0.600. The van der Waals surface area contributed by atoms with Crippen molar-refractivity contribution < 1.29 is 9.21 Å². The van der Waals surface area contributed by atoms with E-state index in [1.807, 2.05) is 22.7 Å². The molecule has 4 rings (SSSR count). The third-order valence-corrected chi connectivity index (χ3v) is 5.86. The predicted molar refractivity (Wildman–Crippen MR) is 107 cm³/mol. The highest BCUT2D eigenvalue weighted by molar-refractivity contribution is 5.79. The summed E-state index contributed by atoms with van der Waals surface area (Å²) in [6.45, 7) is 4.92. The zero-order valence-electron chi connectivity index (χ0n) is 17.0. The number of carbonyl (C=O) groups excluding carboxylic acids is 1. The number of aryl methyl sites for hydroxylation is 2. The lowest BCUT2D eigenvalue weighted by Crippen LogP contribution is -2.51. The van der Waals surface area contributed by atoms with Gasteiger partial charge in [0.05, 0.1) is 6.20 Å². The minimum Gasteiger partial charge on any atom is -0.424 e. The molecular formula is C20H27N7O2. The molecule has 2 aliphatic heterocycles. The molecule has 1 unspecified atom stereocenters. The van der Waals surface area contributed by atoms with Crippen LogP contribution in [-0.2, 0) is 11.8 Å². The summed E-state index contributed by atoms with van der Waals surface area (Å²) in [5, 5.41) is 16.7. The molecule has 2 fully saturated rings. The summed E-state index contributed by atoms with van der Waals surface area (Å²) in [7, 11) is 1.94. The molecule has 154 valence electrons. The van der Waals surface area contributed by atoms with Crippen molar-refractivity contribution in [3.05, 3.63) is 23.8 Å². The molecule has 0 radical (unpaired) electrons. The first-order valence-electron chi connectivity index (χ1n) is 10.2. The van der Waals surface area contributed by atoms with Crippen LogP contribution in [0.5, 0.6) is 0 Å². The summed E-state index contributed by atoms with van der Waals surface area (Å²) < 4.78 is 7.47. The zero-order valence-corrected chi connectivity index (χ0v) is 17.0. The second kappa shape index (κ2) is 8.15. The predicted octanol–water partition coefficient (Wildman–Crippen LogP) is 1.59. The average molecular weight is 397 g/mol. The zero-order chi connectivity index (χ0) is 20.4. The van der Waals surface area contributed by atoms with Crippen LogP contribution in [0.25, 0.3) is 0 Å². The molecule has 0 aromatic carbocycles. The van der Waals surface area contributed by atoms with Gasteiger partial charge < -0.3 is 19.5 Å². The Hall–Kier alpha value is -3.02. The number of carbonyl (C=O) groups is 1. The Morgan fingerprint density at radius 1 is 1.28 bits per heavy atom. The molecule has 4 heterocycles. The van der Waals surface area contributed by atoms with Gasteiger partial charge >= 0.3 is 0 Å². The maximum atomic E-state index is 12.8. The molecule has 2 aliphatic rings. The number of amides is 1. The third kappa shape index (κ3) is 4.06. The van der Waals surface area contributed by atoms with Gasteiger partial charge in [0.25, 0.3) is 0 Å². The van der Waals surface area contributed by atoms with Crippen LogP contribution in [-0.4, -0.2) is 52.9 Å². The number of nitrogens with zero attached hydrogens (tertiary/aromatic N) is 6. The highest BCUT2D eigenvalue weighted by atomic mass is 16.4. The Morgan fingerprint density at radius 2 is 2.07 bits per heavy atom. The van der Waals surface area contributed by atoms with Gasteiger partial charge in [-0.3, -0.25) is 9.48 Å². The van der Waals surface area contributed by atoms with Gasteiger partial charge in [-0.1, -0.05) is 0 Å². The molecule has 0 spiro atoms. The SMILES string of the molecule is Cc1nc(C#N)c(N2CCC(C(=O)NC3CCCN(c4ccnn4C)C3)CC2)o1. The van der Waals surface area contributed by atoms with Crippen LogP contribution in [0.4, 0.5) is 11.7 Å². The van der Waals surface area contributed by atoms with Crippen LogP contribution < -0.4 is 15.1 Å². The van der Waals surface area contributed by atoms with Crippen LogP contribution >= 0.6 is 0 Å². The van der Waals surface area contributed by atoms with Crippen LogP contribution in [0, 0.1) is 24.2 Å². The van der Waals surface area contributed by atoms with E-state index in [9.17, 15) is 10.1 Å². The maximum Gasteiger partial charge on any atom is 0.234 e. The number of nitrogens with one attached hydrogen (secondary N) is 1. The minimum absolute atomic E-state index is 0.00659.